The lowest BCUT2D eigenvalue weighted by Gasteiger charge is -2.22. The molecule has 3 aromatic rings. The molecule has 32 heavy (non-hydrogen) atoms. The number of alkyl halides is 3. The monoisotopic (exact) mass is 465 g/mol. The van der Waals surface area contributed by atoms with E-state index in [0.29, 0.717) is 37.7 Å². The van der Waals surface area contributed by atoms with Crippen LogP contribution in [0.15, 0.2) is 59.5 Å². The Bertz CT molecular complexity index is 1180. The SMILES string of the molecule is O=S(=O)(NCc1nnc2n1CCN(Cc1ccccc1C(F)(F)F)CC2)c1ccccc1. The molecule has 2 aromatic carbocycles. The molecule has 4 rings (SSSR count). The summed E-state index contributed by atoms with van der Waals surface area (Å²) in [6, 6.07) is 13.6. The predicted molar refractivity (Wildman–Crippen MR) is 111 cm³/mol. The average molecular weight is 466 g/mol. The third-order valence-corrected chi connectivity index (χ3v) is 6.80. The van der Waals surface area contributed by atoms with Gasteiger partial charge >= 0.3 is 6.18 Å². The topological polar surface area (TPSA) is 80.1 Å². The summed E-state index contributed by atoms with van der Waals surface area (Å²) < 4.78 is 69.2. The number of fused-ring (bicyclic) bond motifs is 1. The van der Waals surface area contributed by atoms with Crippen LogP contribution in [0.5, 0.6) is 0 Å². The molecule has 0 spiro atoms. The van der Waals surface area contributed by atoms with Crippen LogP contribution in [0.3, 0.4) is 0 Å². The van der Waals surface area contributed by atoms with Crippen molar-refractivity contribution in [3.8, 4) is 0 Å². The van der Waals surface area contributed by atoms with Gasteiger partial charge in [0, 0.05) is 32.6 Å². The van der Waals surface area contributed by atoms with E-state index in [2.05, 4.69) is 14.9 Å². The molecule has 0 fully saturated rings. The van der Waals surface area contributed by atoms with E-state index < -0.39 is 21.8 Å². The van der Waals surface area contributed by atoms with Crippen molar-refractivity contribution in [2.24, 2.45) is 0 Å². The number of hydrogen-bond acceptors (Lipinski definition) is 5. The van der Waals surface area contributed by atoms with Crippen LogP contribution in [-0.4, -0.2) is 41.2 Å². The molecule has 2 heterocycles. The average Bonchev–Trinajstić information content (AvgIpc) is 3.05. The quantitative estimate of drug-likeness (QED) is 0.606. The molecule has 0 atom stereocenters. The van der Waals surface area contributed by atoms with E-state index >= 15 is 0 Å². The minimum atomic E-state index is -4.40. The Labute approximate surface area is 183 Å². The van der Waals surface area contributed by atoms with Gasteiger partial charge in [-0.1, -0.05) is 36.4 Å². The lowest BCUT2D eigenvalue weighted by atomic mass is 10.1. The fourth-order valence-electron chi connectivity index (χ4n) is 3.73. The van der Waals surface area contributed by atoms with E-state index in [1.54, 1.807) is 24.3 Å². The summed E-state index contributed by atoms with van der Waals surface area (Å²) in [7, 11) is -3.69. The van der Waals surface area contributed by atoms with Crippen LogP contribution in [0.4, 0.5) is 13.2 Å². The molecule has 0 unspecified atom stereocenters. The first-order chi connectivity index (χ1) is 15.2. The minimum Gasteiger partial charge on any atom is -0.313 e. The lowest BCUT2D eigenvalue weighted by Crippen LogP contribution is -2.29. The normalized spacial score (nSPS) is 15.3. The second-order valence-electron chi connectivity index (χ2n) is 7.50. The molecule has 170 valence electrons. The van der Waals surface area contributed by atoms with Crippen molar-refractivity contribution in [3.05, 3.63) is 77.4 Å². The molecule has 0 aliphatic carbocycles. The first-order valence-electron chi connectivity index (χ1n) is 10.1. The first-order valence-corrected chi connectivity index (χ1v) is 11.6. The van der Waals surface area contributed by atoms with Crippen LogP contribution in [0.25, 0.3) is 0 Å². The second-order valence-corrected chi connectivity index (χ2v) is 9.27. The summed E-state index contributed by atoms with van der Waals surface area (Å²) in [4.78, 5) is 2.10. The van der Waals surface area contributed by atoms with E-state index in [0.717, 1.165) is 6.07 Å². The van der Waals surface area contributed by atoms with Crippen molar-refractivity contribution < 1.29 is 21.6 Å². The van der Waals surface area contributed by atoms with E-state index in [9.17, 15) is 21.6 Å². The van der Waals surface area contributed by atoms with Crippen LogP contribution in [-0.2, 0) is 42.3 Å². The maximum Gasteiger partial charge on any atom is 0.416 e. The highest BCUT2D eigenvalue weighted by molar-refractivity contribution is 7.89. The third-order valence-electron chi connectivity index (χ3n) is 5.39. The first kappa shape index (κ1) is 22.4. The largest absolute Gasteiger partial charge is 0.416 e. The van der Waals surface area contributed by atoms with Crippen molar-refractivity contribution in [3.63, 3.8) is 0 Å². The number of benzene rings is 2. The van der Waals surface area contributed by atoms with Gasteiger partial charge in [-0.3, -0.25) is 4.90 Å². The molecule has 0 saturated heterocycles. The maximum absolute atomic E-state index is 13.3. The van der Waals surface area contributed by atoms with Crippen LogP contribution in [0, 0.1) is 0 Å². The Morgan fingerprint density at radius 2 is 1.66 bits per heavy atom. The number of nitrogens with one attached hydrogen (secondary N) is 1. The molecule has 0 radical (unpaired) electrons. The Hall–Kier alpha value is -2.76. The fraction of sp³-hybridized carbons (Fsp3) is 0.333. The summed E-state index contributed by atoms with van der Waals surface area (Å²) >= 11 is 0. The molecule has 11 heteroatoms. The number of sulfonamides is 1. The van der Waals surface area contributed by atoms with E-state index in [-0.39, 0.29) is 23.5 Å². The zero-order chi connectivity index (χ0) is 22.8. The molecular formula is C21H22F3N5O2S. The van der Waals surface area contributed by atoms with Gasteiger partial charge in [0.15, 0.2) is 0 Å². The standard InChI is InChI=1S/C21H22F3N5O2S/c22-21(23,24)18-9-5-4-6-16(18)15-28-11-10-19-26-27-20(29(19)13-12-28)14-25-32(30,31)17-7-2-1-3-8-17/h1-9,25H,10-15H2. The molecule has 0 amide bonds. The number of hydrogen-bond donors (Lipinski definition) is 1. The Balaban J connectivity index is 1.43. The van der Waals surface area contributed by atoms with Crippen LogP contribution in [0.2, 0.25) is 0 Å². The van der Waals surface area contributed by atoms with Gasteiger partial charge in [-0.05, 0) is 23.8 Å². The van der Waals surface area contributed by atoms with Crippen molar-refractivity contribution >= 4 is 10.0 Å². The van der Waals surface area contributed by atoms with Gasteiger partial charge in [-0.25, -0.2) is 13.1 Å². The van der Waals surface area contributed by atoms with Gasteiger partial charge in [0.05, 0.1) is 17.0 Å². The van der Waals surface area contributed by atoms with Crippen molar-refractivity contribution in [1.82, 2.24) is 24.4 Å². The highest BCUT2D eigenvalue weighted by Crippen LogP contribution is 2.32. The van der Waals surface area contributed by atoms with Crippen LogP contribution >= 0.6 is 0 Å². The lowest BCUT2D eigenvalue weighted by molar-refractivity contribution is -0.138. The van der Waals surface area contributed by atoms with Gasteiger partial charge in [0.25, 0.3) is 0 Å². The van der Waals surface area contributed by atoms with Gasteiger partial charge < -0.3 is 4.57 Å². The minimum absolute atomic E-state index is 0.0267. The highest BCUT2D eigenvalue weighted by Gasteiger charge is 2.33. The van der Waals surface area contributed by atoms with Crippen molar-refractivity contribution in [2.75, 3.05) is 13.1 Å². The zero-order valence-corrected chi connectivity index (χ0v) is 17.9. The third kappa shape index (κ3) is 5.00. The molecule has 1 aromatic heterocycles. The van der Waals surface area contributed by atoms with E-state index in [1.807, 2.05) is 9.47 Å². The number of halogens is 3. The van der Waals surface area contributed by atoms with Gasteiger partial charge in [-0.2, -0.15) is 13.2 Å². The summed E-state index contributed by atoms with van der Waals surface area (Å²) in [5.74, 6) is 1.16. The molecular weight excluding hydrogens is 443 g/mol. The summed E-state index contributed by atoms with van der Waals surface area (Å²) in [5, 5.41) is 8.27. The molecule has 7 nitrogen and oxygen atoms in total. The second kappa shape index (κ2) is 9.00. The van der Waals surface area contributed by atoms with Gasteiger partial charge in [0.1, 0.15) is 11.6 Å². The van der Waals surface area contributed by atoms with E-state index in [1.165, 1.54) is 24.3 Å². The van der Waals surface area contributed by atoms with Gasteiger partial charge in [0.2, 0.25) is 10.0 Å². The van der Waals surface area contributed by atoms with Crippen molar-refractivity contribution in [2.45, 2.75) is 37.1 Å². The smallest absolute Gasteiger partial charge is 0.313 e. The summed E-state index contributed by atoms with van der Waals surface area (Å²) in [6.45, 7) is 1.62. The number of nitrogens with zero attached hydrogens (tertiary/aromatic N) is 4. The number of aromatic nitrogens is 3. The molecule has 0 saturated carbocycles. The van der Waals surface area contributed by atoms with Crippen LogP contribution in [0.1, 0.15) is 22.8 Å². The zero-order valence-electron chi connectivity index (χ0n) is 17.1. The predicted octanol–water partition coefficient (Wildman–Crippen LogP) is 2.83. The summed E-state index contributed by atoms with van der Waals surface area (Å²) in [6.07, 6.45) is -3.89. The molecule has 1 aliphatic heterocycles. The molecule has 0 bridgehead atoms. The summed E-state index contributed by atoms with van der Waals surface area (Å²) in [5.41, 5.74) is -0.395. The molecule has 1 N–H and O–H groups in total. The maximum atomic E-state index is 13.3. The Kier molecular flexibility index (Phi) is 6.31. The molecule has 1 aliphatic rings. The van der Waals surface area contributed by atoms with E-state index in [4.69, 9.17) is 0 Å². The van der Waals surface area contributed by atoms with Crippen LogP contribution < -0.4 is 4.72 Å². The Morgan fingerprint density at radius 1 is 0.938 bits per heavy atom. The highest BCUT2D eigenvalue weighted by atomic mass is 32.2. The fourth-order valence-corrected chi connectivity index (χ4v) is 4.74. The van der Waals surface area contributed by atoms with Gasteiger partial charge in [-0.15, -0.1) is 10.2 Å². The Morgan fingerprint density at radius 3 is 2.41 bits per heavy atom. The van der Waals surface area contributed by atoms with Crippen molar-refractivity contribution in [1.29, 1.82) is 0 Å². The number of rotatable bonds is 6.